The second-order valence-corrected chi connectivity index (χ2v) is 6.28. The Morgan fingerprint density at radius 3 is 2.48 bits per heavy atom. The van der Waals surface area contributed by atoms with Crippen LogP contribution in [0, 0.1) is 6.92 Å². The standard InChI is InChI=1S/C17H14ClN3OS/c1-11-2-4-13(5-3-11)16(22)20-21-17-19-15(10-23-17)12-6-8-14(18)9-7-12/h2-10H,1H3,(H,19,21)(H,20,22). The number of rotatable bonds is 4. The molecule has 0 saturated carbocycles. The number of hydrazine groups is 1. The summed E-state index contributed by atoms with van der Waals surface area (Å²) in [5, 5.41) is 3.23. The van der Waals surface area contributed by atoms with Crippen LogP contribution in [0.1, 0.15) is 15.9 Å². The summed E-state index contributed by atoms with van der Waals surface area (Å²) >= 11 is 7.30. The van der Waals surface area contributed by atoms with E-state index < -0.39 is 0 Å². The van der Waals surface area contributed by atoms with E-state index in [4.69, 9.17) is 11.6 Å². The van der Waals surface area contributed by atoms with E-state index in [1.165, 1.54) is 11.3 Å². The first-order valence-corrected chi connectivity index (χ1v) is 8.22. The lowest BCUT2D eigenvalue weighted by Crippen LogP contribution is -2.29. The number of halogens is 1. The van der Waals surface area contributed by atoms with Gasteiger partial charge in [-0.05, 0) is 31.2 Å². The fourth-order valence-corrected chi connectivity index (χ4v) is 2.77. The molecule has 1 heterocycles. The van der Waals surface area contributed by atoms with Crippen molar-refractivity contribution in [1.29, 1.82) is 0 Å². The Morgan fingerprint density at radius 2 is 1.78 bits per heavy atom. The molecule has 4 nitrogen and oxygen atoms in total. The van der Waals surface area contributed by atoms with Gasteiger partial charge in [0.15, 0.2) is 0 Å². The molecular weight excluding hydrogens is 330 g/mol. The van der Waals surface area contributed by atoms with Crippen LogP contribution < -0.4 is 10.9 Å². The summed E-state index contributed by atoms with van der Waals surface area (Å²) in [4.78, 5) is 16.5. The molecule has 1 aromatic heterocycles. The Hall–Kier alpha value is -2.37. The number of hydrogen-bond donors (Lipinski definition) is 2. The summed E-state index contributed by atoms with van der Waals surface area (Å²) in [6.45, 7) is 1.98. The van der Waals surface area contributed by atoms with Gasteiger partial charge in [0.25, 0.3) is 5.91 Å². The lowest BCUT2D eigenvalue weighted by molar-refractivity contribution is 0.0962. The molecule has 23 heavy (non-hydrogen) atoms. The Labute approximate surface area is 143 Å². The van der Waals surface area contributed by atoms with Crippen molar-refractivity contribution in [2.75, 3.05) is 5.43 Å². The molecule has 0 bridgehead atoms. The molecule has 2 N–H and O–H groups in total. The number of carbonyl (C=O) groups is 1. The SMILES string of the molecule is Cc1ccc(C(=O)NNc2nc(-c3ccc(Cl)cc3)cs2)cc1. The number of anilines is 1. The largest absolute Gasteiger partial charge is 0.273 e. The maximum absolute atomic E-state index is 12.0. The topological polar surface area (TPSA) is 54.0 Å². The van der Waals surface area contributed by atoms with Gasteiger partial charge in [0.05, 0.1) is 5.69 Å². The molecule has 0 aliphatic heterocycles. The summed E-state index contributed by atoms with van der Waals surface area (Å²) in [5.41, 5.74) is 9.00. The summed E-state index contributed by atoms with van der Waals surface area (Å²) in [7, 11) is 0. The second kappa shape index (κ2) is 6.81. The van der Waals surface area contributed by atoms with E-state index in [0.717, 1.165) is 16.8 Å². The van der Waals surface area contributed by atoms with Gasteiger partial charge < -0.3 is 0 Å². The summed E-state index contributed by atoms with van der Waals surface area (Å²) in [6, 6.07) is 14.8. The number of carbonyl (C=O) groups excluding carboxylic acids is 1. The molecule has 3 aromatic rings. The molecule has 1 amide bonds. The van der Waals surface area contributed by atoms with Gasteiger partial charge in [-0.15, -0.1) is 11.3 Å². The molecule has 0 unspecified atom stereocenters. The Kier molecular flexibility index (Phi) is 4.60. The number of amides is 1. The van der Waals surface area contributed by atoms with E-state index in [1.807, 2.05) is 48.7 Å². The van der Waals surface area contributed by atoms with Gasteiger partial charge in [0.1, 0.15) is 0 Å². The smallest absolute Gasteiger partial charge is 0.269 e. The van der Waals surface area contributed by atoms with E-state index in [2.05, 4.69) is 15.8 Å². The molecule has 2 aromatic carbocycles. The van der Waals surface area contributed by atoms with Gasteiger partial charge >= 0.3 is 0 Å². The van der Waals surface area contributed by atoms with Gasteiger partial charge in [-0.25, -0.2) is 4.98 Å². The highest BCUT2D eigenvalue weighted by Crippen LogP contribution is 2.25. The molecule has 0 saturated heterocycles. The molecule has 3 rings (SSSR count). The van der Waals surface area contributed by atoms with Gasteiger partial charge in [0, 0.05) is 21.5 Å². The van der Waals surface area contributed by atoms with Crippen LogP contribution in [-0.2, 0) is 0 Å². The van der Waals surface area contributed by atoms with E-state index in [9.17, 15) is 4.79 Å². The number of aromatic nitrogens is 1. The highest BCUT2D eigenvalue weighted by Gasteiger charge is 2.07. The van der Waals surface area contributed by atoms with Gasteiger partial charge in [-0.3, -0.25) is 15.6 Å². The zero-order valence-corrected chi connectivity index (χ0v) is 13.9. The number of aryl methyl sites for hydroxylation is 1. The molecule has 116 valence electrons. The minimum atomic E-state index is -0.201. The number of hydrogen-bond acceptors (Lipinski definition) is 4. The average Bonchev–Trinajstić information content (AvgIpc) is 3.03. The van der Waals surface area contributed by atoms with Crippen molar-refractivity contribution in [2.45, 2.75) is 6.92 Å². The number of benzene rings is 2. The molecule has 0 atom stereocenters. The molecule has 0 fully saturated rings. The third kappa shape index (κ3) is 3.88. The maximum atomic E-state index is 12.0. The van der Waals surface area contributed by atoms with Crippen molar-refractivity contribution < 1.29 is 4.79 Å². The zero-order valence-electron chi connectivity index (χ0n) is 12.3. The first-order valence-electron chi connectivity index (χ1n) is 6.96. The molecule has 0 aliphatic carbocycles. The van der Waals surface area contributed by atoms with E-state index in [1.54, 1.807) is 12.1 Å². The van der Waals surface area contributed by atoms with Gasteiger partial charge in [0.2, 0.25) is 5.13 Å². The molecule has 0 aliphatic rings. The lowest BCUT2D eigenvalue weighted by atomic mass is 10.1. The Morgan fingerprint density at radius 1 is 1.09 bits per heavy atom. The van der Waals surface area contributed by atoms with Crippen LogP contribution in [0.3, 0.4) is 0 Å². The average molecular weight is 344 g/mol. The van der Waals surface area contributed by atoms with Crippen LogP contribution in [0.4, 0.5) is 5.13 Å². The number of thiazole rings is 1. The minimum absolute atomic E-state index is 0.201. The fraction of sp³-hybridized carbons (Fsp3) is 0.0588. The Balaban J connectivity index is 1.64. The van der Waals surface area contributed by atoms with Crippen molar-refractivity contribution in [1.82, 2.24) is 10.4 Å². The monoisotopic (exact) mass is 343 g/mol. The van der Waals surface area contributed by atoms with Crippen LogP contribution in [0.25, 0.3) is 11.3 Å². The highest BCUT2D eigenvalue weighted by molar-refractivity contribution is 7.14. The number of nitrogens with one attached hydrogen (secondary N) is 2. The lowest BCUT2D eigenvalue weighted by Gasteiger charge is -2.05. The third-order valence-corrected chi connectivity index (χ3v) is 4.25. The van der Waals surface area contributed by atoms with Crippen LogP contribution in [0.2, 0.25) is 5.02 Å². The third-order valence-electron chi connectivity index (χ3n) is 3.24. The highest BCUT2D eigenvalue weighted by atomic mass is 35.5. The maximum Gasteiger partial charge on any atom is 0.269 e. The predicted molar refractivity (Wildman–Crippen MR) is 94.8 cm³/mol. The predicted octanol–water partition coefficient (Wildman–Crippen LogP) is 4.53. The fourth-order valence-electron chi connectivity index (χ4n) is 1.97. The second-order valence-electron chi connectivity index (χ2n) is 4.99. The van der Waals surface area contributed by atoms with Crippen molar-refractivity contribution in [3.05, 3.63) is 70.1 Å². The number of nitrogens with zero attached hydrogens (tertiary/aromatic N) is 1. The first kappa shape index (κ1) is 15.5. The summed E-state index contributed by atoms with van der Waals surface area (Å²) in [5.74, 6) is -0.201. The normalized spacial score (nSPS) is 10.3. The minimum Gasteiger partial charge on any atom is -0.273 e. The van der Waals surface area contributed by atoms with E-state index in [-0.39, 0.29) is 5.91 Å². The van der Waals surface area contributed by atoms with Gasteiger partial charge in [-0.2, -0.15) is 0 Å². The summed E-state index contributed by atoms with van der Waals surface area (Å²) in [6.07, 6.45) is 0. The molecule has 6 heteroatoms. The van der Waals surface area contributed by atoms with Crippen LogP contribution in [0.15, 0.2) is 53.9 Å². The Bertz CT molecular complexity index is 813. The van der Waals surface area contributed by atoms with Crippen LogP contribution in [0.5, 0.6) is 0 Å². The zero-order chi connectivity index (χ0) is 16.2. The first-order chi connectivity index (χ1) is 11.1. The molecule has 0 radical (unpaired) electrons. The molecular formula is C17H14ClN3OS. The van der Waals surface area contributed by atoms with Crippen molar-refractivity contribution in [3.63, 3.8) is 0 Å². The van der Waals surface area contributed by atoms with E-state index >= 15 is 0 Å². The van der Waals surface area contributed by atoms with Crippen LogP contribution >= 0.6 is 22.9 Å². The quantitative estimate of drug-likeness (QED) is 0.684. The summed E-state index contributed by atoms with van der Waals surface area (Å²) < 4.78 is 0. The van der Waals surface area contributed by atoms with Crippen molar-refractivity contribution in [2.24, 2.45) is 0 Å². The molecule has 0 spiro atoms. The van der Waals surface area contributed by atoms with Crippen molar-refractivity contribution in [3.8, 4) is 11.3 Å². The van der Waals surface area contributed by atoms with Crippen molar-refractivity contribution >= 4 is 34.0 Å². The van der Waals surface area contributed by atoms with Gasteiger partial charge in [-0.1, -0.05) is 41.4 Å². The van der Waals surface area contributed by atoms with E-state index in [0.29, 0.717) is 15.7 Å². The van der Waals surface area contributed by atoms with Crippen LogP contribution in [-0.4, -0.2) is 10.9 Å².